The van der Waals surface area contributed by atoms with Gasteiger partial charge in [0.05, 0.1) is 12.3 Å². The van der Waals surface area contributed by atoms with Crippen LogP contribution >= 0.6 is 0 Å². The van der Waals surface area contributed by atoms with Gasteiger partial charge in [0.1, 0.15) is 0 Å². The van der Waals surface area contributed by atoms with Gasteiger partial charge in [0.25, 0.3) is 0 Å². The first kappa shape index (κ1) is 17.0. The van der Waals surface area contributed by atoms with Crippen LogP contribution in [0.15, 0.2) is 10.9 Å². The van der Waals surface area contributed by atoms with Crippen molar-refractivity contribution < 1.29 is 10.2 Å². The Hall–Kier alpha value is -1.33. The smallest absolute Gasteiger partial charge is 0.223 e. The molecule has 1 aromatic heterocycles. The molecular weight excluding hydrogens is 280 g/mol. The number of aromatic nitrogens is 1. The standard InChI is InChI=1S/C17H28N2O3/c1-3-18(9-10-20)12-15-17(22)16(21)11-13(2)19(15)14-7-5-4-6-8-14/h11,14,20,22H,3-10,12H2,1-2H3. The highest BCUT2D eigenvalue weighted by molar-refractivity contribution is 5.30. The van der Waals surface area contributed by atoms with Crippen LogP contribution in [0.2, 0.25) is 0 Å². The van der Waals surface area contributed by atoms with Gasteiger partial charge in [-0.25, -0.2) is 0 Å². The number of hydrogen-bond acceptors (Lipinski definition) is 4. The number of aliphatic hydroxyl groups is 1. The van der Waals surface area contributed by atoms with Gasteiger partial charge < -0.3 is 14.8 Å². The van der Waals surface area contributed by atoms with Crippen molar-refractivity contribution in [2.75, 3.05) is 19.7 Å². The summed E-state index contributed by atoms with van der Waals surface area (Å²) in [6.07, 6.45) is 5.86. The SMILES string of the molecule is CCN(CCO)Cc1c(O)c(=O)cc(C)n1C1CCCCC1. The highest BCUT2D eigenvalue weighted by Crippen LogP contribution is 2.32. The molecule has 0 spiro atoms. The predicted molar refractivity (Wildman–Crippen MR) is 87.3 cm³/mol. The highest BCUT2D eigenvalue weighted by Gasteiger charge is 2.23. The third-order valence-corrected chi connectivity index (χ3v) is 4.69. The molecule has 0 aromatic carbocycles. The van der Waals surface area contributed by atoms with E-state index in [2.05, 4.69) is 4.57 Å². The quantitative estimate of drug-likeness (QED) is 0.845. The summed E-state index contributed by atoms with van der Waals surface area (Å²) in [5.41, 5.74) is 1.32. The molecule has 0 saturated heterocycles. The van der Waals surface area contributed by atoms with Crippen molar-refractivity contribution in [3.8, 4) is 5.75 Å². The van der Waals surface area contributed by atoms with Crippen LogP contribution in [-0.4, -0.2) is 39.4 Å². The summed E-state index contributed by atoms with van der Waals surface area (Å²) in [7, 11) is 0. The van der Waals surface area contributed by atoms with Gasteiger partial charge in [-0.05, 0) is 26.3 Å². The maximum absolute atomic E-state index is 12.0. The Morgan fingerprint density at radius 3 is 2.59 bits per heavy atom. The van der Waals surface area contributed by atoms with Gasteiger partial charge in [-0.15, -0.1) is 0 Å². The molecule has 0 amide bonds. The third kappa shape index (κ3) is 3.70. The van der Waals surface area contributed by atoms with E-state index in [0.717, 1.165) is 25.1 Å². The molecule has 5 nitrogen and oxygen atoms in total. The van der Waals surface area contributed by atoms with E-state index in [1.807, 2.05) is 18.7 Å². The number of aryl methyl sites for hydroxylation is 1. The minimum absolute atomic E-state index is 0.0775. The molecule has 2 N–H and O–H groups in total. The normalized spacial score (nSPS) is 16.4. The lowest BCUT2D eigenvalue weighted by Gasteiger charge is -2.31. The van der Waals surface area contributed by atoms with Gasteiger partial charge >= 0.3 is 0 Å². The molecule has 1 fully saturated rings. The second-order valence-electron chi connectivity index (χ2n) is 6.20. The van der Waals surface area contributed by atoms with E-state index in [9.17, 15) is 9.90 Å². The minimum Gasteiger partial charge on any atom is -0.503 e. The van der Waals surface area contributed by atoms with Crippen molar-refractivity contribution in [2.45, 2.75) is 58.5 Å². The van der Waals surface area contributed by atoms with Crippen molar-refractivity contribution in [1.29, 1.82) is 0 Å². The van der Waals surface area contributed by atoms with Crippen LogP contribution in [0.3, 0.4) is 0 Å². The molecule has 0 bridgehead atoms. The van der Waals surface area contributed by atoms with Crippen LogP contribution in [0, 0.1) is 6.92 Å². The van der Waals surface area contributed by atoms with Crippen LogP contribution in [0.25, 0.3) is 0 Å². The molecule has 0 aliphatic heterocycles. The Morgan fingerprint density at radius 1 is 1.32 bits per heavy atom. The Kier molecular flexibility index (Phi) is 6.03. The summed E-state index contributed by atoms with van der Waals surface area (Å²) in [6, 6.07) is 1.90. The van der Waals surface area contributed by atoms with Crippen molar-refractivity contribution in [3.63, 3.8) is 0 Å². The summed E-state index contributed by atoms with van der Waals surface area (Å²) in [4.78, 5) is 14.0. The molecule has 2 rings (SSSR count). The Balaban J connectivity index is 2.41. The zero-order chi connectivity index (χ0) is 16.1. The van der Waals surface area contributed by atoms with Gasteiger partial charge in [0.15, 0.2) is 5.75 Å². The molecule has 1 aliphatic carbocycles. The van der Waals surface area contributed by atoms with E-state index < -0.39 is 0 Å². The Morgan fingerprint density at radius 2 is 2.00 bits per heavy atom. The molecule has 5 heteroatoms. The number of aliphatic hydroxyl groups excluding tert-OH is 1. The average Bonchev–Trinajstić information content (AvgIpc) is 2.52. The Bertz CT molecular complexity index is 548. The lowest BCUT2D eigenvalue weighted by molar-refractivity contribution is 0.188. The van der Waals surface area contributed by atoms with Gasteiger partial charge in [0, 0.05) is 30.9 Å². The molecule has 22 heavy (non-hydrogen) atoms. The van der Waals surface area contributed by atoms with Crippen molar-refractivity contribution >= 4 is 0 Å². The lowest BCUT2D eigenvalue weighted by atomic mass is 9.94. The molecule has 0 atom stereocenters. The molecule has 1 saturated carbocycles. The van der Waals surface area contributed by atoms with Crippen molar-refractivity contribution in [2.24, 2.45) is 0 Å². The fourth-order valence-electron chi connectivity index (χ4n) is 3.50. The van der Waals surface area contributed by atoms with E-state index >= 15 is 0 Å². The van der Waals surface area contributed by atoms with Crippen LogP contribution in [0.4, 0.5) is 0 Å². The van der Waals surface area contributed by atoms with Crippen molar-refractivity contribution in [3.05, 3.63) is 27.7 Å². The third-order valence-electron chi connectivity index (χ3n) is 4.69. The number of aromatic hydroxyl groups is 1. The largest absolute Gasteiger partial charge is 0.503 e. The molecular formula is C17H28N2O3. The van der Waals surface area contributed by atoms with Crippen molar-refractivity contribution in [1.82, 2.24) is 9.47 Å². The van der Waals surface area contributed by atoms with E-state index in [4.69, 9.17) is 5.11 Å². The minimum atomic E-state index is -0.306. The number of hydrogen-bond donors (Lipinski definition) is 2. The van der Waals surface area contributed by atoms with Gasteiger partial charge in [0.2, 0.25) is 5.43 Å². The van der Waals surface area contributed by atoms with E-state index in [1.165, 1.54) is 25.3 Å². The molecule has 1 aromatic rings. The van der Waals surface area contributed by atoms with Crippen LogP contribution in [-0.2, 0) is 6.54 Å². The first-order valence-electron chi connectivity index (χ1n) is 8.35. The van der Waals surface area contributed by atoms with Gasteiger partial charge in [-0.2, -0.15) is 0 Å². The Labute approximate surface area is 132 Å². The number of nitrogens with zero attached hydrogens (tertiary/aromatic N) is 2. The predicted octanol–water partition coefficient (Wildman–Crippen LogP) is 2.18. The number of likely N-dealkylation sites (N-methyl/N-ethyl adjacent to an activating group) is 1. The van der Waals surface area contributed by atoms with Crippen LogP contribution in [0.5, 0.6) is 5.75 Å². The highest BCUT2D eigenvalue weighted by atomic mass is 16.3. The van der Waals surface area contributed by atoms with Gasteiger partial charge in [-0.1, -0.05) is 26.2 Å². The fourth-order valence-corrected chi connectivity index (χ4v) is 3.50. The summed E-state index contributed by atoms with van der Waals surface area (Å²) < 4.78 is 2.16. The fraction of sp³-hybridized carbons (Fsp3) is 0.706. The van der Waals surface area contributed by atoms with Gasteiger partial charge in [-0.3, -0.25) is 9.69 Å². The average molecular weight is 308 g/mol. The first-order valence-corrected chi connectivity index (χ1v) is 8.35. The molecule has 1 aliphatic rings. The summed E-state index contributed by atoms with van der Waals surface area (Å²) in [5, 5.41) is 19.5. The van der Waals surface area contributed by atoms with E-state index in [-0.39, 0.29) is 17.8 Å². The second kappa shape index (κ2) is 7.79. The van der Waals surface area contributed by atoms with E-state index in [1.54, 1.807) is 0 Å². The van der Waals surface area contributed by atoms with E-state index in [0.29, 0.717) is 24.8 Å². The molecule has 1 heterocycles. The topological polar surface area (TPSA) is 65.7 Å². The number of rotatable bonds is 6. The van der Waals surface area contributed by atoms with Crippen LogP contribution in [0.1, 0.15) is 56.5 Å². The molecule has 124 valence electrons. The summed E-state index contributed by atoms with van der Waals surface area (Å²) in [6.45, 7) is 5.85. The first-order chi connectivity index (χ1) is 10.6. The molecule has 0 radical (unpaired) electrons. The van der Waals surface area contributed by atoms with Crippen LogP contribution < -0.4 is 5.43 Å². The second-order valence-corrected chi connectivity index (χ2v) is 6.20. The summed E-state index contributed by atoms with van der Waals surface area (Å²) >= 11 is 0. The zero-order valence-corrected chi connectivity index (χ0v) is 13.7. The maximum Gasteiger partial charge on any atom is 0.223 e. The lowest BCUT2D eigenvalue weighted by Crippen LogP contribution is -2.31. The monoisotopic (exact) mass is 308 g/mol. The maximum atomic E-state index is 12.0. The molecule has 0 unspecified atom stereocenters. The zero-order valence-electron chi connectivity index (χ0n) is 13.7. The number of pyridine rings is 1. The summed E-state index contributed by atoms with van der Waals surface area (Å²) in [5.74, 6) is -0.132.